The molecule has 1 saturated heterocycles. The Morgan fingerprint density at radius 2 is 2.04 bits per heavy atom. The summed E-state index contributed by atoms with van der Waals surface area (Å²) in [5.41, 5.74) is 2.21. The summed E-state index contributed by atoms with van der Waals surface area (Å²) >= 11 is 1.68. The van der Waals surface area contributed by atoms with Gasteiger partial charge in [0.1, 0.15) is 0 Å². The molecule has 1 aliphatic rings. The first-order chi connectivity index (χ1) is 10.6. The van der Waals surface area contributed by atoms with Gasteiger partial charge >= 0.3 is 0 Å². The van der Waals surface area contributed by atoms with Gasteiger partial charge in [-0.1, -0.05) is 6.07 Å². The van der Waals surface area contributed by atoms with Crippen LogP contribution in [0.25, 0.3) is 0 Å². The first kappa shape index (κ1) is 17.7. The maximum Gasteiger partial charge on any atom is 0.271 e. The van der Waals surface area contributed by atoms with Crippen LogP contribution < -0.4 is 4.90 Å². The normalized spacial score (nSPS) is 15.3. The molecule has 124 valence electrons. The van der Waals surface area contributed by atoms with Crippen LogP contribution in [0.15, 0.2) is 29.6 Å². The molecular formula is C15H19ClN4O2S. The summed E-state index contributed by atoms with van der Waals surface area (Å²) in [6.45, 7) is 6.55. The number of nitrogens with zero attached hydrogens (tertiary/aromatic N) is 4. The summed E-state index contributed by atoms with van der Waals surface area (Å²) in [7, 11) is 0. The highest BCUT2D eigenvalue weighted by molar-refractivity contribution is 7.09. The highest BCUT2D eigenvalue weighted by Crippen LogP contribution is 2.22. The van der Waals surface area contributed by atoms with Crippen LogP contribution in [-0.2, 0) is 6.54 Å². The highest BCUT2D eigenvalue weighted by Gasteiger charge is 2.19. The molecule has 1 aromatic carbocycles. The van der Waals surface area contributed by atoms with Gasteiger partial charge in [0.25, 0.3) is 5.69 Å². The van der Waals surface area contributed by atoms with Crippen LogP contribution >= 0.6 is 23.7 Å². The molecule has 2 aromatic rings. The first-order valence-corrected chi connectivity index (χ1v) is 8.12. The lowest BCUT2D eigenvalue weighted by Gasteiger charge is -2.35. The van der Waals surface area contributed by atoms with Crippen LogP contribution in [0.2, 0.25) is 0 Å². The van der Waals surface area contributed by atoms with Gasteiger partial charge in [0.2, 0.25) is 0 Å². The van der Waals surface area contributed by atoms with E-state index in [1.807, 2.05) is 13.0 Å². The number of piperazine rings is 1. The van der Waals surface area contributed by atoms with E-state index in [1.165, 1.54) is 6.07 Å². The number of anilines is 1. The van der Waals surface area contributed by atoms with Gasteiger partial charge in [-0.05, 0) is 13.0 Å². The summed E-state index contributed by atoms with van der Waals surface area (Å²) in [5, 5.41) is 14.1. The van der Waals surface area contributed by atoms with Crippen molar-refractivity contribution in [3.8, 4) is 0 Å². The number of halogens is 1. The third-order valence-corrected chi connectivity index (χ3v) is 4.65. The highest BCUT2D eigenvalue weighted by atomic mass is 35.5. The SMILES string of the molecule is Cc1nc(CN2CCN(c3cccc([N+](=O)[O-])c3)CC2)cs1.Cl. The van der Waals surface area contributed by atoms with Crippen molar-refractivity contribution in [1.29, 1.82) is 0 Å². The van der Waals surface area contributed by atoms with E-state index in [0.29, 0.717) is 0 Å². The van der Waals surface area contributed by atoms with Crippen molar-refractivity contribution < 1.29 is 4.92 Å². The molecule has 1 aliphatic heterocycles. The van der Waals surface area contributed by atoms with Crippen LogP contribution in [0.5, 0.6) is 0 Å². The molecule has 3 rings (SSSR count). The van der Waals surface area contributed by atoms with Crippen molar-refractivity contribution in [2.75, 3.05) is 31.1 Å². The summed E-state index contributed by atoms with van der Waals surface area (Å²) in [5.74, 6) is 0. The van der Waals surface area contributed by atoms with Crippen LogP contribution in [0, 0.1) is 17.0 Å². The van der Waals surface area contributed by atoms with Gasteiger partial charge in [0.05, 0.1) is 15.6 Å². The monoisotopic (exact) mass is 354 g/mol. The molecule has 0 atom stereocenters. The van der Waals surface area contributed by atoms with Gasteiger partial charge in [-0.15, -0.1) is 23.7 Å². The molecule has 6 nitrogen and oxygen atoms in total. The Bertz CT molecular complexity index is 671. The summed E-state index contributed by atoms with van der Waals surface area (Å²) < 4.78 is 0. The van der Waals surface area contributed by atoms with Crippen molar-refractivity contribution in [2.24, 2.45) is 0 Å². The molecule has 8 heteroatoms. The Labute approximate surface area is 145 Å². The topological polar surface area (TPSA) is 62.5 Å². The number of aryl methyl sites for hydroxylation is 1. The van der Waals surface area contributed by atoms with Crippen molar-refractivity contribution in [2.45, 2.75) is 13.5 Å². The predicted octanol–water partition coefficient (Wildman–Crippen LogP) is 3.10. The first-order valence-electron chi connectivity index (χ1n) is 7.24. The van der Waals surface area contributed by atoms with E-state index in [9.17, 15) is 10.1 Å². The van der Waals surface area contributed by atoms with Crippen molar-refractivity contribution >= 4 is 35.1 Å². The number of nitro benzene ring substituents is 1. The summed E-state index contributed by atoms with van der Waals surface area (Å²) in [6.07, 6.45) is 0. The minimum absolute atomic E-state index is 0. The zero-order chi connectivity index (χ0) is 15.5. The van der Waals surface area contributed by atoms with Gasteiger partial charge in [0.15, 0.2) is 0 Å². The smallest absolute Gasteiger partial charge is 0.271 e. The molecule has 0 aliphatic carbocycles. The second-order valence-corrected chi connectivity index (χ2v) is 6.46. The lowest BCUT2D eigenvalue weighted by molar-refractivity contribution is -0.384. The molecule has 0 unspecified atom stereocenters. The summed E-state index contributed by atoms with van der Waals surface area (Å²) in [4.78, 5) is 19.6. The lowest BCUT2D eigenvalue weighted by Crippen LogP contribution is -2.46. The van der Waals surface area contributed by atoms with E-state index in [0.717, 1.165) is 49.1 Å². The maximum atomic E-state index is 10.9. The zero-order valence-corrected chi connectivity index (χ0v) is 14.5. The molecule has 1 aromatic heterocycles. The fraction of sp³-hybridized carbons (Fsp3) is 0.400. The average molecular weight is 355 g/mol. The minimum atomic E-state index is -0.343. The zero-order valence-electron chi connectivity index (χ0n) is 12.8. The van der Waals surface area contributed by atoms with E-state index in [-0.39, 0.29) is 23.0 Å². The Morgan fingerprint density at radius 1 is 1.30 bits per heavy atom. The van der Waals surface area contributed by atoms with Crippen LogP contribution in [0.4, 0.5) is 11.4 Å². The summed E-state index contributed by atoms with van der Waals surface area (Å²) in [6, 6.07) is 6.87. The number of hydrogen-bond donors (Lipinski definition) is 0. The molecule has 1 fully saturated rings. The number of benzene rings is 1. The molecule has 0 amide bonds. The second-order valence-electron chi connectivity index (χ2n) is 5.40. The van der Waals surface area contributed by atoms with E-state index in [1.54, 1.807) is 23.5 Å². The number of aromatic nitrogens is 1. The molecule has 0 N–H and O–H groups in total. The Morgan fingerprint density at radius 3 is 2.65 bits per heavy atom. The number of thiazole rings is 1. The van der Waals surface area contributed by atoms with Gasteiger partial charge in [-0.2, -0.15) is 0 Å². The molecule has 0 spiro atoms. The Hall–Kier alpha value is -1.70. The lowest BCUT2D eigenvalue weighted by atomic mass is 10.2. The van der Waals surface area contributed by atoms with Gasteiger partial charge in [0, 0.05) is 55.9 Å². The largest absolute Gasteiger partial charge is 0.369 e. The van der Waals surface area contributed by atoms with E-state index < -0.39 is 0 Å². The van der Waals surface area contributed by atoms with Crippen molar-refractivity contribution in [1.82, 2.24) is 9.88 Å². The van der Waals surface area contributed by atoms with Crippen LogP contribution in [0.1, 0.15) is 10.7 Å². The predicted molar refractivity (Wildman–Crippen MR) is 94.7 cm³/mol. The third kappa shape index (κ3) is 4.40. The maximum absolute atomic E-state index is 10.9. The van der Waals surface area contributed by atoms with E-state index in [2.05, 4.69) is 20.2 Å². The van der Waals surface area contributed by atoms with Gasteiger partial charge in [-0.25, -0.2) is 4.98 Å². The number of nitro groups is 1. The van der Waals surface area contributed by atoms with E-state index >= 15 is 0 Å². The number of rotatable bonds is 4. The molecule has 23 heavy (non-hydrogen) atoms. The minimum Gasteiger partial charge on any atom is -0.369 e. The number of non-ortho nitro benzene ring substituents is 1. The Kier molecular flexibility index (Phi) is 5.92. The van der Waals surface area contributed by atoms with E-state index in [4.69, 9.17) is 0 Å². The van der Waals surface area contributed by atoms with Crippen molar-refractivity contribution in [3.05, 3.63) is 50.5 Å². The third-order valence-electron chi connectivity index (χ3n) is 3.83. The average Bonchev–Trinajstić information content (AvgIpc) is 2.93. The molecule has 2 heterocycles. The van der Waals surface area contributed by atoms with Crippen LogP contribution in [-0.4, -0.2) is 41.0 Å². The quantitative estimate of drug-likeness (QED) is 0.623. The molecular weight excluding hydrogens is 336 g/mol. The fourth-order valence-corrected chi connectivity index (χ4v) is 3.28. The van der Waals surface area contributed by atoms with Gasteiger partial charge < -0.3 is 4.90 Å². The number of hydrogen-bond acceptors (Lipinski definition) is 6. The standard InChI is InChI=1S/C15H18N4O2S.ClH/c1-12-16-13(11-22-12)10-17-5-7-18(8-6-17)14-3-2-4-15(9-14)19(20)21;/h2-4,9,11H,5-8,10H2,1H3;1H. The fourth-order valence-electron chi connectivity index (χ4n) is 2.68. The molecule has 0 saturated carbocycles. The second kappa shape index (κ2) is 7.72. The van der Waals surface area contributed by atoms with Crippen molar-refractivity contribution in [3.63, 3.8) is 0 Å². The molecule has 0 bridgehead atoms. The van der Waals surface area contributed by atoms with Crippen LogP contribution in [0.3, 0.4) is 0 Å². The Balaban J connectivity index is 0.00000192. The van der Waals surface area contributed by atoms with Gasteiger partial charge in [-0.3, -0.25) is 15.0 Å². The molecule has 0 radical (unpaired) electrons.